The van der Waals surface area contributed by atoms with Gasteiger partial charge in [0.1, 0.15) is 0 Å². The van der Waals surface area contributed by atoms with E-state index >= 15 is 0 Å². The molecule has 1 N–H and O–H groups in total. The van der Waals surface area contributed by atoms with Gasteiger partial charge in [0.25, 0.3) is 5.91 Å². The third kappa shape index (κ3) is 3.95. The van der Waals surface area contributed by atoms with Crippen LogP contribution in [0.2, 0.25) is 0 Å². The van der Waals surface area contributed by atoms with Crippen molar-refractivity contribution < 1.29 is 4.79 Å². The molecule has 0 saturated carbocycles. The second-order valence-corrected chi connectivity index (χ2v) is 5.78. The Morgan fingerprint density at radius 3 is 2.41 bits per heavy atom. The molecule has 0 radical (unpaired) electrons. The molecule has 1 aromatic heterocycles. The lowest BCUT2D eigenvalue weighted by Gasteiger charge is -2.20. The molecule has 1 aromatic carbocycles. The predicted octanol–water partition coefficient (Wildman–Crippen LogP) is 3.75. The number of nitrogens with one attached hydrogen (secondary N) is 1. The minimum absolute atomic E-state index is 0.193. The molecule has 0 atom stereocenters. The van der Waals surface area contributed by atoms with Crippen LogP contribution in [0.25, 0.3) is 0 Å². The number of carbonyl (C=O) groups excluding carboxylic acids is 1. The standard InChI is InChI=1S/C17H21N3OS/c1-4-20(5-2)15-10-8-14(9-11-15)17(21)19-18-13(3)16-7-6-12-22-16/h6-12H,4-5H2,1-3H3,(H,19,21)/b18-13-. The van der Waals surface area contributed by atoms with Crippen molar-refractivity contribution in [3.05, 3.63) is 52.2 Å². The quantitative estimate of drug-likeness (QED) is 0.652. The zero-order valence-electron chi connectivity index (χ0n) is 13.2. The van der Waals surface area contributed by atoms with Crippen LogP contribution in [0.4, 0.5) is 5.69 Å². The summed E-state index contributed by atoms with van der Waals surface area (Å²) in [6.07, 6.45) is 0. The summed E-state index contributed by atoms with van der Waals surface area (Å²) in [6, 6.07) is 11.6. The summed E-state index contributed by atoms with van der Waals surface area (Å²) in [5.74, 6) is -0.193. The second-order valence-electron chi connectivity index (χ2n) is 4.83. The third-order valence-corrected chi connectivity index (χ3v) is 4.44. The van der Waals surface area contributed by atoms with E-state index in [1.54, 1.807) is 11.3 Å². The van der Waals surface area contributed by atoms with Gasteiger partial charge in [-0.25, -0.2) is 5.43 Å². The Morgan fingerprint density at radius 1 is 1.18 bits per heavy atom. The molecule has 4 nitrogen and oxygen atoms in total. The van der Waals surface area contributed by atoms with Crippen molar-refractivity contribution in [1.29, 1.82) is 0 Å². The molecule has 2 rings (SSSR count). The number of hydrogen-bond acceptors (Lipinski definition) is 4. The van der Waals surface area contributed by atoms with Crippen LogP contribution in [0, 0.1) is 0 Å². The highest BCUT2D eigenvalue weighted by molar-refractivity contribution is 7.12. The fourth-order valence-corrected chi connectivity index (χ4v) is 2.83. The Labute approximate surface area is 135 Å². The smallest absolute Gasteiger partial charge is 0.271 e. The van der Waals surface area contributed by atoms with Crippen molar-refractivity contribution in [3.63, 3.8) is 0 Å². The van der Waals surface area contributed by atoms with Gasteiger partial charge in [-0.1, -0.05) is 6.07 Å². The van der Waals surface area contributed by atoms with Crippen molar-refractivity contribution in [1.82, 2.24) is 5.43 Å². The maximum absolute atomic E-state index is 12.1. The fraction of sp³-hybridized carbons (Fsp3) is 0.294. The van der Waals surface area contributed by atoms with E-state index in [1.807, 2.05) is 48.7 Å². The first-order valence-electron chi connectivity index (χ1n) is 7.39. The van der Waals surface area contributed by atoms with Crippen molar-refractivity contribution in [2.45, 2.75) is 20.8 Å². The highest BCUT2D eigenvalue weighted by atomic mass is 32.1. The SMILES string of the molecule is CCN(CC)c1ccc(C(=O)N/N=C(/C)c2cccs2)cc1. The molecule has 0 fully saturated rings. The first kappa shape index (κ1) is 16.2. The van der Waals surface area contributed by atoms with Crippen LogP contribution in [0.15, 0.2) is 46.9 Å². The summed E-state index contributed by atoms with van der Waals surface area (Å²) in [4.78, 5) is 15.4. The van der Waals surface area contributed by atoms with Crippen molar-refractivity contribution >= 4 is 28.6 Å². The molecule has 0 saturated heterocycles. The minimum Gasteiger partial charge on any atom is -0.372 e. The topological polar surface area (TPSA) is 44.7 Å². The number of nitrogens with zero attached hydrogens (tertiary/aromatic N) is 2. The molecule has 0 aliphatic heterocycles. The Balaban J connectivity index is 2.02. The van der Waals surface area contributed by atoms with Gasteiger partial charge in [-0.15, -0.1) is 11.3 Å². The second kappa shape index (κ2) is 7.75. The monoisotopic (exact) mass is 315 g/mol. The number of hydrazone groups is 1. The molecule has 2 aromatic rings. The molecule has 22 heavy (non-hydrogen) atoms. The molecule has 0 unspecified atom stereocenters. The lowest BCUT2D eigenvalue weighted by molar-refractivity contribution is 0.0955. The Hall–Kier alpha value is -2.14. The van der Waals surface area contributed by atoms with E-state index in [4.69, 9.17) is 0 Å². The number of rotatable bonds is 6. The molecule has 0 aliphatic rings. The van der Waals surface area contributed by atoms with E-state index in [2.05, 4.69) is 29.3 Å². The van der Waals surface area contributed by atoms with Crippen LogP contribution in [-0.2, 0) is 0 Å². The van der Waals surface area contributed by atoms with Crippen molar-refractivity contribution in [2.75, 3.05) is 18.0 Å². The van der Waals surface area contributed by atoms with E-state index in [1.165, 1.54) is 0 Å². The van der Waals surface area contributed by atoms with Gasteiger partial charge < -0.3 is 4.90 Å². The first-order chi connectivity index (χ1) is 10.7. The fourth-order valence-electron chi connectivity index (χ4n) is 2.15. The zero-order valence-corrected chi connectivity index (χ0v) is 14.0. The number of anilines is 1. The third-order valence-electron chi connectivity index (χ3n) is 3.46. The van der Waals surface area contributed by atoms with E-state index < -0.39 is 0 Å². The maximum atomic E-state index is 12.1. The lowest BCUT2D eigenvalue weighted by atomic mass is 10.2. The summed E-state index contributed by atoms with van der Waals surface area (Å²) in [7, 11) is 0. The van der Waals surface area contributed by atoms with Crippen LogP contribution in [0.3, 0.4) is 0 Å². The summed E-state index contributed by atoms with van der Waals surface area (Å²) in [5, 5.41) is 6.14. The summed E-state index contributed by atoms with van der Waals surface area (Å²) < 4.78 is 0. The van der Waals surface area contributed by atoms with Crippen molar-refractivity contribution in [2.24, 2.45) is 5.10 Å². The Bertz CT molecular complexity index is 628. The van der Waals surface area contributed by atoms with E-state index in [9.17, 15) is 4.79 Å². The summed E-state index contributed by atoms with van der Waals surface area (Å²) in [5.41, 5.74) is 5.15. The Morgan fingerprint density at radius 2 is 1.86 bits per heavy atom. The number of benzene rings is 1. The number of thiophene rings is 1. The van der Waals surface area contributed by atoms with Crippen LogP contribution in [-0.4, -0.2) is 24.7 Å². The molecule has 5 heteroatoms. The zero-order chi connectivity index (χ0) is 15.9. The van der Waals surface area contributed by atoms with Gasteiger partial charge >= 0.3 is 0 Å². The van der Waals surface area contributed by atoms with E-state index in [-0.39, 0.29) is 5.91 Å². The maximum Gasteiger partial charge on any atom is 0.271 e. The largest absolute Gasteiger partial charge is 0.372 e. The van der Waals surface area contributed by atoms with Crippen LogP contribution in [0.1, 0.15) is 36.0 Å². The molecule has 1 amide bonds. The Kier molecular flexibility index (Phi) is 5.72. The van der Waals surface area contributed by atoms with Crippen LogP contribution >= 0.6 is 11.3 Å². The molecular formula is C17H21N3OS. The normalized spacial score (nSPS) is 11.3. The summed E-state index contributed by atoms with van der Waals surface area (Å²) in [6.45, 7) is 8.02. The highest BCUT2D eigenvalue weighted by Gasteiger charge is 2.07. The van der Waals surface area contributed by atoms with E-state index in [0.29, 0.717) is 5.56 Å². The van der Waals surface area contributed by atoms with Gasteiger partial charge in [-0.2, -0.15) is 5.10 Å². The van der Waals surface area contributed by atoms with Crippen LogP contribution in [0.5, 0.6) is 0 Å². The molecular weight excluding hydrogens is 294 g/mol. The van der Waals surface area contributed by atoms with E-state index in [0.717, 1.165) is 29.4 Å². The number of amides is 1. The van der Waals surface area contributed by atoms with Gasteiger partial charge in [-0.05, 0) is 56.5 Å². The number of hydrogen-bond donors (Lipinski definition) is 1. The summed E-state index contributed by atoms with van der Waals surface area (Å²) >= 11 is 1.60. The lowest BCUT2D eigenvalue weighted by Crippen LogP contribution is -2.22. The molecule has 1 heterocycles. The van der Waals surface area contributed by atoms with Gasteiger partial charge in [0, 0.05) is 29.2 Å². The van der Waals surface area contributed by atoms with Gasteiger partial charge in [-0.3, -0.25) is 4.79 Å². The van der Waals surface area contributed by atoms with Crippen LogP contribution < -0.4 is 10.3 Å². The molecule has 0 bridgehead atoms. The molecule has 0 spiro atoms. The van der Waals surface area contributed by atoms with Crippen molar-refractivity contribution in [3.8, 4) is 0 Å². The van der Waals surface area contributed by atoms with Gasteiger partial charge in [0.05, 0.1) is 5.71 Å². The average molecular weight is 315 g/mol. The van der Waals surface area contributed by atoms with Gasteiger partial charge in [0.2, 0.25) is 0 Å². The first-order valence-corrected chi connectivity index (χ1v) is 8.27. The minimum atomic E-state index is -0.193. The predicted molar refractivity (Wildman–Crippen MR) is 94.0 cm³/mol. The van der Waals surface area contributed by atoms with Gasteiger partial charge in [0.15, 0.2) is 0 Å². The molecule has 116 valence electrons. The highest BCUT2D eigenvalue weighted by Crippen LogP contribution is 2.15. The average Bonchev–Trinajstić information content (AvgIpc) is 3.08. The number of carbonyl (C=O) groups is 1. The molecule has 0 aliphatic carbocycles.